The predicted octanol–water partition coefficient (Wildman–Crippen LogP) is 2.34. The van der Waals surface area contributed by atoms with Crippen molar-refractivity contribution < 1.29 is 17.9 Å². The van der Waals surface area contributed by atoms with Crippen LogP contribution in [0.1, 0.15) is 6.42 Å². The van der Waals surface area contributed by atoms with E-state index < -0.39 is 10.0 Å². The smallest absolute Gasteiger partial charge is 0.261 e. The standard InChI is InChI=1S/C16H21N3O4S/c1-22-11-3-10-17-16-9-4-13(12-18-16)19-24(20,21)15-7-5-14(23-2)6-8-15/h4-9,12,19H,3,10-11H2,1-2H3,(H,17,18). The molecule has 0 saturated heterocycles. The number of hydrogen-bond acceptors (Lipinski definition) is 6. The van der Waals surface area contributed by atoms with Gasteiger partial charge in [-0.3, -0.25) is 4.72 Å². The summed E-state index contributed by atoms with van der Waals surface area (Å²) in [5, 5.41) is 3.13. The highest BCUT2D eigenvalue weighted by Crippen LogP contribution is 2.19. The minimum Gasteiger partial charge on any atom is -0.497 e. The second-order valence-electron chi connectivity index (χ2n) is 4.99. The van der Waals surface area contributed by atoms with Crippen molar-refractivity contribution in [2.24, 2.45) is 0 Å². The minimum absolute atomic E-state index is 0.157. The highest BCUT2D eigenvalue weighted by Gasteiger charge is 2.14. The Kier molecular flexibility index (Phi) is 6.39. The molecule has 0 aliphatic rings. The maximum absolute atomic E-state index is 12.3. The Hall–Kier alpha value is -2.32. The zero-order valence-electron chi connectivity index (χ0n) is 13.7. The van der Waals surface area contributed by atoms with Gasteiger partial charge in [0.25, 0.3) is 10.0 Å². The first-order chi connectivity index (χ1) is 11.5. The number of hydrogen-bond donors (Lipinski definition) is 2. The van der Waals surface area contributed by atoms with Crippen molar-refractivity contribution >= 4 is 21.5 Å². The fourth-order valence-corrected chi connectivity index (χ4v) is 3.00. The summed E-state index contributed by atoms with van der Waals surface area (Å²) in [6.45, 7) is 1.41. The van der Waals surface area contributed by atoms with Crippen LogP contribution in [0.15, 0.2) is 47.5 Å². The highest BCUT2D eigenvalue weighted by molar-refractivity contribution is 7.92. The van der Waals surface area contributed by atoms with E-state index in [-0.39, 0.29) is 4.90 Å². The number of aromatic nitrogens is 1. The summed E-state index contributed by atoms with van der Waals surface area (Å²) in [4.78, 5) is 4.34. The summed E-state index contributed by atoms with van der Waals surface area (Å²) in [5.41, 5.74) is 0.397. The lowest BCUT2D eigenvalue weighted by Gasteiger charge is -2.10. The fourth-order valence-electron chi connectivity index (χ4n) is 1.96. The van der Waals surface area contributed by atoms with Gasteiger partial charge in [0.2, 0.25) is 0 Å². The molecule has 0 radical (unpaired) electrons. The van der Waals surface area contributed by atoms with E-state index in [2.05, 4.69) is 15.0 Å². The molecule has 2 rings (SSSR count). The van der Waals surface area contributed by atoms with Crippen LogP contribution in [-0.2, 0) is 14.8 Å². The first kappa shape index (κ1) is 18.0. The quantitative estimate of drug-likeness (QED) is 0.674. The number of benzene rings is 1. The fraction of sp³-hybridized carbons (Fsp3) is 0.312. The lowest BCUT2D eigenvalue weighted by molar-refractivity contribution is 0.198. The molecule has 0 atom stereocenters. The molecule has 7 nitrogen and oxygen atoms in total. The van der Waals surface area contributed by atoms with Gasteiger partial charge in [0.15, 0.2) is 0 Å². The molecule has 0 bridgehead atoms. The molecule has 0 aliphatic carbocycles. The molecular weight excluding hydrogens is 330 g/mol. The van der Waals surface area contributed by atoms with E-state index in [1.165, 1.54) is 25.4 Å². The molecule has 1 aromatic heterocycles. The molecule has 0 amide bonds. The minimum atomic E-state index is -3.66. The first-order valence-electron chi connectivity index (χ1n) is 7.41. The third kappa shape index (κ3) is 5.10. The van der Waals surface area contributed by atoms with Crippen molar-refractivity contribution in [2.75, 3.05) is 37.4 Å². The molecule has 0 spiro atoms. The Morgan fingerprint density at radius 3 is 2.42 bits per heavy atom. The van der Waals surface area contributed by atoms with Gasteiger partial charge in [0, 0.05) is 20.3 Å². The third-order valence-electron chi connectivity index (χ3n) is 3.22. The SMILES string of the molecule is COCCCNc1ccc(NS(=O)(=O)c2ccc(OC)cc2)cn1. The Labute approximate surface area is 142 Å². The summed E-state index contributed by atoms with van der Waals surface area (Å²) in [5.74, 6) is 1.28. The molecule has 1 heterocycles. The lowest BCUT2D eigenvalue weighted by Crippen LogP contribution is -2.13. The molecule has 24 heavy (non-hydrogen) atoms. The predicted molar refractivity (Wildman–Crippen MR) is 93.0 cm³/mol. The summed E-state index contributed by atoms with van der Waals surface area (Å²) in [6.07, 6.45) is 2.34. The van der Waals surface area contributed by atoms with Gasteiger partial charge in [-0.1, -0.05) is 0 Å². The molecular formula is C16H21N3O4S. The molecule has 2 N–H and O–H groups in total. The van der Waals surface area contributed by atoms with Crippen LogP contribution in [0.3, 0.4) is 0 Å². The second-order valence-corrected chi connectivity index (χ2v) is 6.67. The van der Waals surface area contributed by atoms with Gasteiger partial charge in [-0.15, -0.1) is 0 Å². The second kappa shape index (κ2) is 8.51. The van der Waals surface area contributed by atoms with Gasteiger partial charge in [0.05, 0.1) is 23.9 Å². The van der Waals surface area contributed by atoms with Gasteiger partial charge in [0.1, 0.15) is 11.6 Å². The molecule has 2 aromatic rings. The monoisotopic (exact) mass is 351 g/mol. The Morgan fingerprint density at radius 1 is 1.08 bits per heavy atom. The normalized spacial score (nSPS) is 11.1. The Balaban J connectivity index is 1.98. The van der Waals surface area contributed by atoms with Gasteiger partial charge in [-0.25, -0.2) is 13.4 Å². The van der Waals surface area contributed by atoms with Crippen LogP contribution < -0.4 is 14.8 Å². The number of sulfonamides is 1. The molecule has 0 unspecified atom stereocenters. The van der Waals surface area contributed by atoms with Crippen molar-refractivity contribution in [1.82, 2.24) is 4.98 Å². The van der Waals surface area contributed by atoms with Crippen molar-refractivity contribution in [3.63, 3.8) is 0 Å². The number of nitrogens with one attached hydrogen (secondary N) is 2. The van der Waals surface area contributed by atoms with Crippen molar-refractivity contribution in [3.8, 4) is 5.75 Å². The summed E-state index contributed by atoms with van der Waals surface area (Å²) in [7, 11) is -0.477. The van der Waals surface area contributed by atoms with Crippen LogP contribution in [0.25, 0.3) is 0 Å². The topological polar surface area (TPSA) is 89.6 Å². The number of nitrogens with zero attached hydrogens (tertiary/aromatic N) is 1. The summed E-state index contributed by atoms with van der Waals surface area (Å²) < 4.78 is 37.1. The zero-order valence-corrected chi connectivity index (χ0v) is 14.5. The van der Waals surface area contributed by atoms with E-state index in [0.29, 0.717) is 23.9 Å². The molecule has 8 heteroatoms. The Bertz CT molecular complexity index is 731. The average Bonchev–Trinajstić information content (AvgIpc) is 2.60. The Morgan fingerprint density at radius 2 is 1.83 bits per heavy atom. The third-order valence-corrected chi connectivity index (χ3v) is 4.61. The van der Waals surface area contributed by atoms with Gasteiger partial charge in [-0.2, -0.15) is 0 Å². The van der Waals surface area contributed by atoms with Crippen LogP contribution in [0.2, 0.25) is 0 Å². The van der Waals surface area contributed by atoms with E-state index >= 15 is 0 Å². The average molecular weight is 351 g/mol. The largest absolute Gasteiger partial charge is 0.497 e. The lowest BCUT2D eigenvalue weighted by atomic mass is 10.3. The maximum Gasteiger partial charge on any atom is 0.261 e. The number of methoxy groups -OCH3 is 2. The van der Waals surface area contributed by atoms with Crippen LogP contribution in [0.5, 0.6) is 5.75 Å². The van der Waals surface area contributed by atoms with Crippen molar-refractivity contribution in [2.45, 2.75) is 11.3 Å². The maximum atomic E-state index is 12.3. The van der Waals surface area contributed by atoms with E-state index in [9.17, 15) is 8.42 Å². The number of ether oxygens (including phenoxy) is 2. The van der Waals surface area contributed by atoms with E-state index in [1.54, 1.807) is 31.4 Å². The molecule has 1 aromatic carbocycles. The van der Waals surface area contributed by atoms with Gasteiger partial charge in [-0.05, 0) is 42.8 Å². The molecule has 0 saturated carbocycles. The van der Waals surface area contributed by atoms with Crippen LogP contribution >= 0.6 is 0 Å². The van der Waals surface area contributed by atoms with Crippen LogP contribution in [-0.4, -0.2) is 40.8 Å². The van der Waals surface area contributed by atoms with Gasteiger partial charge >= 0.3 is 0 Å². The van der Waals surface area contributed by atoms with E-state index in [4.69, 9.17) is 9.47 Å². The number of rotatable bonds is 9. The first-order valence-corrected chi connectivity index (χ1v) is 8.89. The van der Waals surface area contributed by atoms with Crippen LogP contribution in [0, 0.1) is 0 Å². The molecule has 0 fully saturated rings. The summed E-state index contributed by atoms with van der Waals surface area (Å²) >= 11 is 0. The van der Waals surface area contributed by atoms with Crippen LogP contribution in [0.4, 0.5) is 11.5 Å². The molecule has 0 aliphatic heterocycles. The zero-order chi connectivity index (χ0) is 17.4. The van der Waals surface area contributed by atoms with Gasteiger partial charge < -0.3 is 14.8 Å². The highest BCUT2D eigenvalue weighted by atomic mass is 32.2. The van der Waals surface area contributed by atoms with Crippen molar-refractivity contribution in [3.05, 3.63) is 42.6 Å². The number of pyridine rings is 1. The van der Waals surface area contributed by atoms with E-state index in [0.717, 1.165) is 13.0 Å². The number of anilines is 2. The summed E-state index contributed by atoms with van der Waals surface area (Å²) in [6, 6.07) is 9.55. The van der Waals surface area contributed by atoms with Crippen molar-refractivity contribution in [1.29, 1.82) is 0 Å². The van der Waals surface area contributed by atoms with E-state index in [1.807, 2.05) is 0 Å². The molecule has 130 valence electrons.